The zero-order valence-corrected chi connectivity index (χ0v) is 14.1. The molecule has 0 unspecified atom stereocenters. The Morgan fingerprint density at radius 1 is 1.20 bits per heavy atom. The van der Waals surface area contributed by atoms with Crippen LogP contribution in [0.3, 0.4) is 0 Å². The van der Waals surface area contributed by atoms with Crippen LogP contribution in [0.4, 0.5) is 11.5 Å². The minimum Gasteiger partial charge on any atom is -0.384 e. The predicted molar refractivity (Wildman–Crippen MR) is 99.0 cm³/mol. The molecule has 2 aromatic heterocycles. The molecule has 1 aliphatic heterocycles. The summed E-state index contributed by atoms with van der Waals surface area (Å²) in [5, 5.41) is 0.990. The van der Waals surface area contributed by atoms with Crippen LogP contribution in [0, 0.1) is 0 Å². The first-order valence-electron chi connectivity index (χ1n) is 8.35. The molecular formula is C19H20N4O2. The zero-order valence-electron chi connectivity index (χ0n) is 14.1. The first kappa shape index (κ1) is 15.7. The fourth-order valence-electron chi connectivity index (χ4n) is 3.33. The largest absolute Gasteiger partial charge is 0.384 e. The lowest BCUT2D eigenvalue weighted by atomic mass is 9.97. The van der Waals surface area contributed by atoms with Crippen LogP contribution in [0.25, 0.3) is 22.2 Å². The number of rotatable bonds is 3. The van der Waals surface area contributed by atoms with Crippen molar-refractivity contribution in [2.24, 2.45) is 0 Å². The molecule has 6 heteroatoms. The molecule has 0 aliphatic carbocycles. The molecule has 1 saturated heterocycles. The van der Waals surface area contributed by atoms with Crippen LogP contribution in [0.5, 0.6) is 0 Å². The molecule has 3 N–H and O–H groups in total. The second-order valence-corrected chi connectivity index (χ2v) is 6.22. The summed E-state index contributed by atoms with van der Waals surface area (Å²) in [5.41, 5.74) is 10.5. The van der Waals surface area contributed by atoms with Crippen LogP contribution >= 0.6 is 0 Å². The van der Waals surface area contributed by atoms with Crippen LogP contribution in [-0.2, 0) is 4.74 Å². The van der Waals surface area contributed by atoms with E-state index in [1.165, 1.54) is 0 Å². The van der Waals surface area contributed by atoms with Crippen molar-refractivity contribution in [1.29, 1.82) is 0 Å². The molecule has 1 aromatic carbocycles. The van der Waals surface area contributed by atoms with E-state index < -0.39 is 0 Å². The predicted octanol–water partition coefficient (Wildman–Crippen LogP) is 2.85. The number of nitrogens with zero attached hydrogens (tertiary/aromatic N) is 2. The monoisotopic (exact) mass is 336 g/mol. The summed E-state index contributed by atoms with van der Waals surface area (Å²) in [6, 6.07) is 9.72. The topological polar surface area (TPSA) is 84.2 Å². The number of anilines is 2. The van der Waals surface area contributed by atoms with Gasteiger partial charge in [-0.15, -0.1) is 0 Å². The molecule has 1 aliphatic rings. The van der Waals surface area contributed by atoms with Crippen molar-refractivity contribution in [2.75, 3.05) is 36.9 Å². The number of hydrogen-bond donors (Lipinski definition) is 2. The Labute approximate surface area is 145 Å². The standard InChI is InChI=1S/C19H20N4O2/c1-12(24)13-2-3-17(23-6-8-25-9-7-23)16(10-13)15-11-18(20)22-19-14(15)4-5-21-19/h2-5,10-11H,6-9H2,1H3,(H3,20,21,22). The summed E-state index contributed by atoms with van der Waals surface area (Å²) in [5.74, 6) is 0.494. The Hall–Kier alpha value is -2.86. The highest BCUT2D eigenvalue weighted by atomic mass is 16.5. The highest BCUT2D eigenvalue weighted by Crippen LogP contribution is 2.37. The fraction of sp³-hybridized carbons (Fsp3) is 0.263. The SMILES string of the molecule is CC(=O)c1ccc(N2CCOCC2)c(-c2cc(N)nc3[nH]ccc23)c1. The molecule has 0 saturated carbocycles. The molecule has 0 amide bonds. The minimum atomic E-state index is 0.0436. The van der Waals surface area contributed by atoms with Gasteiger partial charge < -0.3 is 20.4 Å². The van der Waals surface area contributed by atoms with E-state index in [0.29, 0.717) is 24.6 Å². The third-order valence-corrected chi connectivity index (χ3v) is 4.59. The Morgan fingerprint density at radius 3 is 2.76 bits per heavy atom. The number of benzene rings is 1. The van der Waals surface area contributed by atoms with Gasteiger partial charge in [-0.25, -0.2) is 4.98 Å². The fourth-order valence-corrected chi connectivity index (χ4v) is 3.33. The zero-order chi connectivity index (χ0) is 17.4. The molecule has 3 aromatic rings. The van der Waals surface area contributed by atoms with Gasteiger partial charge in [-0.3, -0.25) is 4.79 Å². The average Bonchev–Trinajstić information content (AvgIpc) is 3.09. The number of morpholine rings is 1. The second-order valence-electron chi connectivity index (χ2n) is 6.22. The smallest absolute Gasteiger partial charge is 0.159 e. The van der Waals surface area contributed by atoms with E-state index >= 15 is 0 Å². The third-order valence-electron chi connectivity index (χ3n) is 4.59. The molecule has 0 spiro atoms. The number of nitrogens with one attached hydrogen (secondary N) is 1. The van der Waals surface area contributed by atoms with E-state index in [1.807, 2.05) is 36.5 Å². The average molecular weight is 336 g/mol. The molecule has 6 nitrogen and oxygen atoms in total. The lowest BCUT2D eigenvalue weighted by molar-refractivity contribution is 0.101. The van der Waals surface area contributed by atoms with Gasteiger partial charge in [0.25, 0.3) is 0 Å². The quantitative estimate of drug-likeness (QED) is 0.719. The number of carbonyl (C=O) groups is 1. The van der Waals surface area contributed by atoms with Gasteiger partial charge in [-0.2, -0.15) is 0 Å². The molecule has 0 atom stereocenters. The normalized spacial score (nSPS) is 14.8. The van der Waals surface area contributed by atoms with E-state index in [9.17, 15) is 4.79 Å². The summed E-state index contributed by atoms with van der Waals surface area (Å²) in [6.45, 7) is 4.63. The van der Waals surface area contributed by atoms with Crippen molar-refractivity contribution in [3.05, 3.63) is 42.1 Å². The van der Waals surface area contributed by atoms with Crippen LogP contribution < -0.4 is 10.6 Å². The highest BCUT2D eigenvalue weighted by molar-refractivity contribution is 6.02. The molecule has 0 bridgehead atoms. The molecule has 3 heterocycles. The van der Waals surface area contributed by atoms with Crippen molar-refractivity contribution in [1.82, 2.24) is 9.97 Å². The third kappa shape index (κ3) is 2.85. The van der Waals surface area contributed by atoms with Crippen molar-refractivity contribution >= 4 is 28.3 Å². The van der Waals surface area contributed by atoms with Gasteiger partial charge in [0.2, 0.25) is 0 Å². The summed E-state index contributed by atoms with van der Waals surface area (Å²) in [7, 11) is 0. The van der Waals surface area contributed by atoms with Crippen LogP contribution in [-0.4, -0.2) is 42.1 Å². The molecular weight excluding hydrogens is 316 g/mol. The highest BCUT2D eigenvalue weighted by Gasteiger charge is 2.19. The number of hydrogen-bond acceptors (Lipinski definition) is 5. The van der Waals surface area contributed by atoms with Crippen molar-refractivity contribution < 1.29 is 9.53 Å². The summed E-state index contributed by atoms with van der Waals surface area (Å²) in [4.78, 5) is 21.7. The van der Waals surface area contributed by atoms with Crippen molar-refractivity contribution in [2.45, 2.75) is 6.92 Å². The minimum absolute atomic E-state index is 0.0436. The lowest BCUT2D eigenvalue weighted by Gasteiger charge is -2.31. The first-order valence-corrected chi connectivity index (χ1v) is 8.35. The number of H-pyrrole nitrogens is 1. The number of nitrogens with two attached hydrogens (primary N) is 1. The maximum absolute atomic E-state index is 11.9. The van der Waals surface area contributed by atoms with Crippen LogP contribution in [0.1, 0.15) is 17.3 Å². The van der Waals surface area contributed by atoms with E-state index in [2.05, 4.69) is 14.9 Å². The second kappa shape index (κ2) is 6.22. The summed E-state index contributed by atoms with van der Waals surface area (Å²) in [6.07, 6.45) is 1.85. The molecule has 1 fully saturated rings. The number of ketones is 1. The number of Topliss-reactive ketones (excluding diaryl/α,β-unsaturated/α-hetero) is 1. The molecule has 25 heavy (non-hydrogen) atoms. The van der Waals surface area contributed by atoms with Gasteiger partial charge in [0.05, 0.1) is 13.2 Å². The van der Waals surface area contributed by atoms with E-state index in [-0.39, 0.29) is 5.78 Å². The van der Waals surface area contributed by atoms with Gasteiger partial charge in [0.1, 0.15) is 11.5 Å². The van der Waals surface area contributed by atoms with Gasteiger partial charge in [-0.05, 0) is 42.8 Å². The van der Waals surface area contributed by atoms with E-state index in [0.717, 1.165) is 40.9 Å². The number of carbonyl (C=O) groups excluding carboxylic acids is 1. The number of pyridine rings is 1. The maximum Gasteiger partial charge on any atom is 0.159 e. The number of ether oxygens (including phenoxy) is 1. The Balaban J connectivity index is 1.95. The summed E-state index contributed by atoms with van der Waals surface area (Å²) < 4.78 is 5.47. The van der Waals surface area contributed by atoms with E-state index in [1.54, 1.807) is 6.92 Å². The van der Waals surface area contributed by atoms with Gasteiger partial charge in [0.15, 0.2) is 5.78 Å². The van der Waals surface area contributed by atoms with E-state index in [4.69, 9.17) is 10.5 Å². The lowest BCUT2D eigenvalue weighted by Crippen LogP contribution is -2.36. The number of aromatic nitrogens is 2. The van der Waals surface area contributed by atoms with Crippen LogP contribution in [0.15, 0.2) is 36.5 Å². The summed E-state index contributed by atoms with van der Waals surface area (Å²) >= 11 is 0. The molecule has 128 valence electrons. The van der Waals surface area contributed by atoms with Crippen molar-refractivity contribution in [3.63, 3.8) is 0 Å². The van der Waals surface area contributed by atoms with Gasteiger partial charge >= 0.3 is 0 Å². The number of aromatic amines is 1. The Bertz CT molecular complexity index is 942. The Morgan fingerprint density at radius 2 is 2.00 bits per heavy atom. The van der Waals surface area contributed by atoms with Gasteiger partial charge in [-0.1, -0.05) is 0 Å². The number of fused-ring (bicyclic) bond motifs is 1. The van der Waals surface area contributed by atoms with Crippen LogP contribution in [0.2, 0.25) is 0 Å². The van der Waals surface area contributed by atoms with Gasteiger partial charge in [0, 0.05) is 41.5 Å². The number of nitrogen functional groups attached to an aromatic ring is 1. The maximum atomic E-state index is 11.9. The molecule has 0 radical (unpaired) electrons. The van der Waals surface area contributed by atoms with Crippen molar-refractivity contribution in [3.8, 4) is 11.1 Å². The first-order chi connectivity index (χ1) is 12.1. The molecule has 4 rings (SSSR count). The Kier molecular flexibility index (Phi) is 3.89.